The summed E-state index contributed by atoms with van der Waals surface area (Å²) in [5, 5.41) is 21.4. The van der Waals surface area contributed by atoms with Crippen LogP contribution in [0.4, 0.5) is 0 Å². The fourth-order valence-electron chi connectivity index (χ4n) is 1.78. The molecule has 20 heavy (non-hydrogen) atoms. The molecule has 0 aliphatic heterocycles. The molecule has 0 aliphatic carbocycles. The topological polar surface area (TPSA) is 80.9 Å². The van der Waals surface area contributed by atoms with Gasteiger partial charge >= 0.3 is 5.97 Å². The first-order valence-electron chi connectivity index (χ1n) is 6.22. The summed E-state index contributed by atoms with van der Waals surface area (Å²) >= 11 is 5.85. The van der Waals surface area contributed by atoms with E-state index in [-0.39, 0.29) is 6.54 Å². The minimum absolute atomic E-state index is 0.212. The van der Waals surface area contributed by atoms with Gasteiger partial charge in [0.2, 0.25) is 0 Å². The van der Waals surface area contributed by atoms with Crippen LogP contribution in [0.1, 0.15) is 20.3 Å². The maximum absolute atomic E-state index is 11.4. The first-order valence-corrected chi connectivity index (χ1v) is 6.59. The molecule has 2 rings (SSSR count). The van der Waals surface area contributed by atoms with Crippen molar-refractivity contribution in [2.45, 2.75) is 26.8 Å². The number of halogens is 1. The zero-order valence-electron chi connectivity index (χ0n) is 11.2. The van der Waals surface area contributed by atoms with E-state index in [2.05, 4.69) is 15.5 Å². The molecule has 7 heteroatoms. The molecular weight excluding hydrogens is 280 g/mol. The van der Waals surface area contributed by atoms with Crippen LogP contribution in [-0.4, -0.2) is 31.3 Å². The van der Waals surface area contributed by atoms with Crippen molar-refractivity contribution in [2.75, 3.05) is 0 Å². The third kappa shape index (κ3) is 2.80. The van der Waals surface area contributed by atoms with E-state index in [1.807, 2.05) is 6.92 Å². The lowest BCUT2D eigenvalue weighted by atomic mass is 9.88. The monoisotopic (exact) mass is 294 g/mol. The quantitative estimate of drug-likeness (QED) is 0.916. The first-order chi connectivity index (χ1) is 9.46. The van der Waals surface area contributed by atoms with Gasteiger partial charge in [0.05, 0.1) is 12.0 Å². The SMILES string of the molecule is CCC(C)(Cn1nnnc1-c1ccc(Cl)cc1)C(=O)O. The molecule has 1 N–H and O–H groups in total. The highest BCUT2D eigenvalue weighted by Crippen LogP contribution is 2.26. The Balaban J connectivity index is 2.34. The van der Waals surface area contributed by atoms with Crippen LogP contribution in [0.5, 0.6) is 0 Å². The van der Waals surface area contributed by atoms with Crippen LogP contribution in [0.25, 0.3) is 11.4 Å². The van der Waals surface area contributed by atoms with E-state index in [1.165, 1.54) is 4.68 Å². The van der Waals surface area contributed by atoms with Gasteiger partial charge in [0.25, 0.3) is 0 Å². The van der Waals surface area contributed by atoms with Gasteiger partial charge in [0, 0.05) is 10.6 Å². The number of hydrogen-bond acceptors (Lipinski definition) is 4. The van der Waals surface area contributed by atoms with Crippen molar-refractivity contribution in [3.63, 3.8) is 0 Å². The summed E-state index contributed by atoms with van der Waals surface area (Å²) in [6.45, 7) is 3.73. The van der Waals surface area contributed by atoms with Crippen molar-refractivity contribution in [3.05, 3.63) is 29.3 Å². The van der Waals surface area contributed by atoms with Crippen LogP contribution < -0.4 is 0 Å². The summed E-state index contributed by atoms with van der Waals surface area (Å²) in [5.41, 5.74) is -0.112. The van der Waals surface area contributed by atoms with Gasteiger partial charge in [-0.05, 0) is 48.0 Å². The average molecular weight is 295 g/mol. The minimum atomic E-state index is -0.906. The molecule has 1 heterocycles. The van der Waals surface area contributed by atoms with E-state index in [0.29, 0.717) is 17.3 Å². The van der Waals surface area contributed by atoms with Crippen LogP contribution in [0.3, 0.4) is 0 Å². The number of hydrogen-bond donors (Lipinski definition) is 1. The van der Waals surface area contributed by atoms with Crippen LogP contribution >= 0.6 is 11.6 Å². The van der Waals surface area contributed by atoms with Crippen molar-refractivity contribution in [2.24, 2.45) is 5.41 Å². The molecule has 0 spiro atoms. The Labute approximate surface area is 121 Å². The molecular formula is C13H15ClN4O2. The highest BCUT2D eigenvalue weighted by molar-refractivity contribution is 6.30. The number of aromatic nitrogens is 4. The van der Waals surface area contributed by atoms with Gasteiger partial charge in [0.15, 0.2) is 5.82 Å². The Kier molecular flexibility index (Phi) is 4.04. The summed E-state index contributed by atoms with van der Waals surface area (Å²) in [5.74, 6) is -0.333. The van der Waals surface area contributed by atoms with Crippen molar-refractivity contribution in [1.82, 2.24) is 20.2 Å². The molecule has 1 atom stereocenters. The maximum Gasteiger partial charge on any atom is 0.311 e. The fourth-order valence-corrected chi connectivity index (χ4v) is 1.90. The lowest BCUT2D eigenvalue weighted by Gasteiger charge is -2.22. The molecule has 0 bridgehead atoms. The molecule has 2 aromatic rings. The summed E-state index contributed by atoms with van der Waals surface area (Å²) < 4.78 is 1.51. The number of aliphatic carboxylic acids is 1. The van der Waals surface area contributed by atoms with Crippen molar-refractivity contribution >= 4 is 17.6 Å². The van der Waals surface area contributed by atoms with Crippen LogP contribution in [-0.2, 0) is 11.3 Å². The van der Waals surface area contributed by atoms with Gasteiger partial charge in [-0.15, -0.1) is 5.10 Å². The maximum atomic E-state index is 11.4. The van der Waals surface area contributed by atoms with Crippen LogP contribution in [0.15, 0.2) is 24.3 Å². The van der Waals surface area contributed by atoms with Gasteiger partial charge in [-0.1, -0.05) is 18.5 Å². The highest BCUT2D eigenvalue weighted by atomic mass is 35.5. The van der Waals surface area contributed by atoms with Crippen LogP contribution in [0.2, 0.25) is 5.02 Å². The Bertz CT molecular complexity index is 611. The normalized spacial score (nSPS) is 13.9. The molecule has 0 saturated carbocycles. The summed E-state index contributed by atoms with van der Waals surface area (Å²) in [4.78, 5) is 11.4. The van der Waals surface area contributed by atoms with Crippen LogP contribution in [0, 0.1) is 5.41 Å². The van der Waals surface area contributed by atoms with Gasteiger partial charge in [-0.25, -0.2) is 4.68 Å². The molecule has 0 amide bonds. The predicted octanol–water partition coefficient (Wildman–Crippen LogP) is 2.49. The molecule has 1 aromatic carbocycles. The third-order valence-corrected chi connectivity index (χ3v) is 3.68. The lowest BCUT2D eigenvalue weighted by Crippen LogP contribution is -2.32. The van der Waals surface area contributed by atoms with E-state index in [0.717, 1.165) is 5.56 Å². The van der Waals surface area contributed by atoms with E-state index in [4.69, 9.17) is 11.6 Å². The molecule has 1 aromatic heterocycles. The Hall–Kier alpha value is -1.95. The van der Waals surface area contributed by atoms with E-state index < -0.39 is 11.4 Å². The number of carboxylic acids is 1. The van der Waals surface area contributed by atoms with Gasteiger partial charge in [0.1, 0.15) is 0 Å². The van der Waals surface area contributed by atoms with Gasteiger partial charge in [-0.3, -0.25) is 4.79 Å². The largest absolute Gasteiger partial charge is 0.481 e. The third-order valence-electron chi connectivity index (χ3n) is 3.43. The smallest absolute Gasteiger partial charge is 0.311 e. The zero-order valence-corrected chi connectivity index (χ0v) is 12.0. The summed E-state index contributed by atoms with van der Waals surface area (Å²) in [6.07, 6.45) is 0.488. The Morgan fingerprint density at radius 3 is 2.60 bits per heavy atom. The molecule has 106 valence electrons. The fraction of sp³-hybridized carbons (Fsp3) is 0.385. The Morgan fingerprint density at radius 2 is 2.05 bits per heavy atom. The molecule has 0 fully saturated rings. The lowest BCUT2D eigenvalue weighted by molar-refractivity contribution is -0.149. The second kappa shape index (κ2) is 5.58. The first kappa shape index (κ1) is 14.5. The van der Waals surface area contributed by atoms with Crippen molar-refractivity contribution in [1.29, 1.82) is 0 Å². The zero-order chi connectivity index (χ0) is 14.8. The molecule has 0 aliphatic rings. The summed E-state index contributed by atoms with van der Waals surface area (Å²) in [7, 11) is 0. The number of rotatable bonds is 5. The number of carboxylic acid groups (broad SMARTS) is 1. The van der Waals surface area contributed by atoms with Gasteiger partial charge in [-0.2, -0.15) is 0 Å². The standard InChI is InChI=1S/C13H15ClN4O2/c1-3-13(2,12(19)20)8-18-11(15-16-17-18)9-4-6-10(14)7-5-9/h4-7H,3,8H2,1-2H3,(H,19,20). The highest BCUT2D eigenvalue weighted by Gasteiger charge is 2.33. The molecule has 6 nitrogen and oxygen atoms in total. The molecule has 0 radical (unpaired) electrons. The van der Waals surface area contributed by atoms with Crippen molar-refractivity contribution in [3.8, 4) is 11.4 Å². The van der Waals surface area contributed by atoms with E-state index >= 15 is 0 Å². The predicted molar refractivity (Wildman–Crippen MR) is 74.3 cm³/mol. The summed E-state index contributed by atoms with van der Waals surface area (Å²) in [6, 6.07) is 7.08. The second-order valence-electron chi connectivity index (χ2n) is 4.89. The van der Waals surface area contributed by atoms with Crippen molar-refractivity contribution < 1.29 is 9.90 Å². The van der Waals surface area contributed by atoms with E-state index in [9.17, 15) is 9.90 Å². The number of carbonyl (C=O) groups is 1. The number of nitrogens with zero attached hydrogens (tertiary/aromatic N) is 4. The minimum Gasteiger partial charge on any atom is -0.481 e. The number of tetrazole rings is 1. The Morgan fingerprint density at radius 1 is 1.40 bits per heavy atom. The molecule has 0 saturated heterocycles. The second-order valence-corrected chi connectivity index (χ2v) is 5.32. The molecule has 1 unspecified atom stereocenters. The van der Waals surface area contributed by atoms with Gasteiger partial charge < -0.3 is 5.11 Å². The van der Waals surface area contributed by atoms with E-state index in [1.54, 1.807) is 31.2 Å². The number of benzene rings is 1. The average Bonchev–Trinajstić information content (AvgIpc) is 2.87.